The van der Waals surface area contributed by atoms with Gasteiger partial charge in [0.15, 0.2) is 0 Å². The molecule has 25 heavy (non-hydrogen) atoms. The zero-order valence-electron chi connectivity index (χ0n) is 13.1. The summed E-state index contributed by atoms with van der Waals surface area (Å²) < 4.78 is 15.2. The Morgan fingerprint density at radius 3 is 2.60 bits per heavy atom. The molecule has 0 atom stereocenters. The lowest BCUT2D eigenvalue weighted by Crippen LogP contribution is -2.24. The van der Waals surface area contributed by atoms with E-state index in [-0.39, 0.29) is 12.2 Å². The van der Waals surface area contributed by atoms with Crippen LogP contribution in [0.25, 0.3) is 22.0 Å². The van der Waals surface area contributed by atoms with Gasteiger partial charge in [-0.05, 0) is 23.8 Å². The molecule has 5 nitrogen and oxygen atoms in total. The summed E-state index contributed by atoms with van der Waals surface area (Å²) in [6.45, 7) is 0.0204. The fraction of sp³-hybridized carbons (Fsp3) is 0.0526. The third-order valence-electron chi connectivity index (χ3n) is 3.87. The van der Waals surface area contributed by atoms with Gasteiger partial charge in [0, 0.05) is 23.6 Å². The van der Waals surface area contributed by atoms with E-state index in [9.17, 15) is 14.0 Å². The van der Waals surface area contributed by atoms with E-state index in [0.29, 0.717) is 22.0 Å². The number of carboxylic acid groups (broad SMARTS) is 1. The Morgan fingerprint density at radius 2 is 1.92 bits per heavy atom. The Hall–Kier alpha value is -3.41. The normalized spacial score (nSPS) is 11.2. The van der Waals surface area contributed by atoms with Crippen molar-refractivity contribution in [1.82, 2.24) is 4.57 Å². The second-order valence-corrected chi connectivity index (χ2v) is 5.47. The Kier molecular flexibility index (Phi) is 4.35. The van der Waals surface area contributed by atoms with Gasteiger partial charge in [0.25, 0.3) is 5.56 Å². The Morgan fingerprint density at radius 1 is 1.20 bits per heavy atom. The monoisotopic (exact) mass is 338 g/mol. The minimum Gasteiger partial charge on any atom is -0.478 e. The van der Waals surface area contributed by atoms with Gasteiger partial charge in [-0.25, -0.2) is 9.18 Å². The van der Waals surface area contributed by atoms with E-state index in [4.69, 9.17) is 10.8 Å². The van der Waals surface area contributed by atoms with E-state index >= 15 is 0 Å². The predicted molar refractivity (Wildman–Crippen MR) is 94.8 cm³/mol. The second kappa shape index (κ2) is 6.60. The van der Waals surface area contributed by atoms with E-state index in [2.05, 4.69) is 0 Å². The van der Waals surface area contributed by atoms with Gasteiger partial charge >= 0.3 is 5.97 Å². The highest BCUT2D eigenvalue weighted by molar-refractivity contribution is 6.00. The minimum absolute atomic E-state index is 0.00646. The van der Waals surface area contributed by atoms with Gasteiger partial charge in [-0.15, -0.1) is 0 Å². The van der Waals surface area contributed by atoms with E-state index in [1.807, 2.05) is 6.07 Å². The van der Waals surface area contributed by atoms with E-state index < -0.39 is 17.3 Å². The molecule has 0 aliphatic rings. The SMILES string of the molecule is Nc1c(-c2ccccc2)c2cc(F)ccc2n(CC=CC(=O)O)c1=O. The number of rotatable bonds is 4. The molecule has 3 aromatic rings. The highest BCUT2D eigenvalue weighted by atomic mass is 19.1. The molecule has 1 heterocycles. The highest BCUT2D eigenvalue weighted by Crippen LogP contribution is 2.32. The number of nitrogen functional groups attached to an aromatic ring is 1. The maximum atomic E-state index is 13.8. The largest absolute Gasteiger partial charge is 0.478 e. The molecule has 0 aliphatic heterocycles. The first kappa shape index (κ1) is 16.4. The number of pyridine rings is 1. The zero-order valence-corrected chi connectivity index (χ0v) is 13.1. The fourth-order valence-electron chi connectivity index (χ4n) is 2.81. The standard InChI is InChI=1S/C19H15FN2O3/c20-13-8-9-15-14(11-13)17(12-5-2-1-3-6-12)18(21)19(25)22(15)10-4-7-16(23)24/h1-9,11H,10,21H2,(H,23,24). The van der Waals surface area contributed by atoms with Crippen molar-refractivity contribution in [1.29, 1.82) is 0 Å². The Labute approximate surface area is 142 Å². The molecule has 0 fully saturated rings. The topological polar surface area (TPSA) is 85.3 Å². The lowest BCUT2D eigenvalue weighted by molar-refractivity contribution is -0.131. The van der Waals surface area contributed by atoms with Crippen molar-refractivity contribution in [2.75, 3.05) is 5.73 Å². The first-order chi connectivity index (χ1) is 12.0. The average Bonchev–Trinajstić information content (AvgIpc) is 2.59. The number of allylic oxidation sites excluding steroid dienone is 1. The molecule has 0 saturated heterocycles. The third-order valence-corrected chi connectivity index (χ3v) is 3.87. The number of hydrogen-bond donors (Lipinski definition) is 2. The number of fused-ring (bicyclic) bond motifs is 1. The summed E-state index contributed by atoms with van der Waals surface area (Å²) in [6, 6.07) is 13.1. The van der Waals surface area contributed by atoms with Crippen molar-refractivity contribution in [3.8, 4) is 11.1 Å². The van der Waals surface area contributed by atoms with Crippen molar-refractivity contribution in [2.24, 2.45) is 0 Å². The Bertz CT molecular complexity index is 1040. The summed E-state index contributed by atoms with van der Waals surface area (Å²) >= 11 is 0. The fourth-order valence-corrected chi connectivity index (χ4v) is 2.81. The summed E-state index contributed by atoms with van der Waals surface area (Å²) in [4.78, 5) is 23.3. The molecule has 0 aliphatic carbocycles. The number of halogens is 1. The van der Waals surface area contributed by atoms with Crippen LogP contribution >= 0.6 is 0 Å². The van der Waals surface area contributed by atoms with Crippen LogP contribution in [0.4, 0.5) is 10.1 Å². The molecule has 126 valence electrons. The molecule has 2 aromatic carbocycles. The summed E-state index contributed by atoms with van der Waals surface area (Å²) in [5, 5.41) is 9.20. The number of hydrogen-bond acceptors (Lipinski definition) is 3. The molecular formula is C19H15FN2O3. The van der Waals surface area contributed by atoms with Crippen LogP contribution in [0.1, 0.15) is 0 Å². The van der Waals surface area contributed by atoms with Crippen LogP contribution in [-0.4, -0.2) is 15.6 Å². The molecule has 1 aromatic heterocycles. The van der Waals surface area contributed by atoms with Crippen LogP contribution in [0.5, 0.6) is 0 Å². The molecule has 0 radical (unpaired) electrons. The molecule has 0 unspecified atom stereocenters. The Balaban J connectivity index is 2.33. The van der Waals surface area contributed by atoms with Gasteiger partial charge in [0.2, 0.25) is 0 Å². The van der Waals surface area contributed by atoms with Crippen LogP contribution in [0.15, 0.2) is 65.5 Å². The van der Waals surface area contributed by atoms with Gasteiger partial charge in [-0.2, -0.15) is 0 Å². The van der Waals surface area contributed by atoms with Crippen molar-refractivity contribution in [3.63, 3.8) is 0 Å². The van der Waals surface area contributed by atoms with Gasteiger partial charge < -0.3 is 15.4 Å². The molecular weight excluding hydrogens is 323 g/mol. The molecule has 3 rings (SSSR count). The summed E-state index contributed by atoms with van der Waals surface area (Å²) in [7, 11) is 0. The van der Waals surface area contributed by atoms with Gasteiger partial charge in [0.05, 0.1) is 5.52 Å². The van der Waals surface area contributed by atoms with Crippen molar-refractivity contribution in [3.05, 3.63) is 76.9 Å². The maximum absolute atomic E-state index is 13.8. The smallest absolute Gasteiger partial charge is 0.328 e. The maximum Gasteiger partial charge on any atom is 0.328 e. The summed E-state index contributed by atoms with van der Waals surface area (Å²) in [5.41, 5.74) is 7.27. The van der Waals surface area contributed by atoms with E-state index in [1.165, 1.54) is 28.8 Å². The van der Waals surface area contributed by atoms with Crippen molar-refractivity contribution >= 4 is 22.6 Å². The van der Waals surface area contributed by atoms with Gasteiger partial charge in [-0.3, -0.25) is 4.79 Å². The molecule has 0 amide bonds. The summed E-state index contributed by atoms with van der Waals surface area (Å²) in [6.07, 6.45) is 2.29. The van der Waals surface area contributed by atoms with Crippen LogP contribution in [0.2, 0.25) is 0 Å². The second-order valence-electron chi connectivity index (χ2n) is 5.47. The molecule has 0 bridgehead atoms. The number of carboxylic acids is 1. The number of benzene rings is 2. The van der Waals surface area contributed by atoms with Crippen LogP contribution < -0.4 is 11.3 Å². The van der Waals surface area contributed by atoms with Crippen LogP contribution in [0, 0.1) is 5.82 Å². The molecule has 3 N–H and O–H groups in total. The quantitative estimate of drug-likeness (QED) is 0.716. The molecule has 6 heteroatoms. The van der Waals surface area contributed by atoms with E-state index in [0.717, 1.165) is 6.08 Å². The third kappa shape index (κ3) is 3.14. The highest BCUT2D eigenvalue weighted by Gasteiger charge is 2.16. The number of carbonyl (C=O) groups is 1. The first-order valence-electron chi connectivity index (χ1n) is 7.55. The number of aromatic nitrogens is 1. The summed E-state index contributed by atoms with van der Waals surface area (Å²) in [5.74, 6) is -1.56. The number of aliphatic carboxylic acids is 1. The number of nitrogens with zero attached hydrogens (tertiary/aromatic N) is 1. The van der Waals surface area contributed by atoms with E-state index in [1.54, 1.807) is 24.3 Å². The molecule has 0 saturated carbocycles. The number of nitrogens with two attached hydrogens (primary N) is 1. The lowest BCUT2D eigenvalue weighted by Gasteiger charge is -2.15. The van der Waals surface area contributed by atoms with Crippen LogP contribution in [-0.2, 0) is 11.3 Å². The van der Waals surface area contributed by atoms with Crippen molar-refractivity contribution in [2.45, 2.75) is 6.54 Å². The van der Waals surface area contributed by atoms with Gasteiger partial charge in [-0.1, -0.05) is 36.4 Å². The predicted octanol–water partition coefficient (Wildman–Crippen LogP) is 3.03. The lowest BCUT2D eigenvalue weighted by atomic mass is 9.99. The number of anilines is 1. The average molecular weight is 338 g/mol. The molecule has 0 spiro atoms. The minimum atomic E-state index is -1.11. The van der Waals surface area contributed by atoms with Crippen LogP contribution in [0.3, 0.4) is 0 Å². The zero-order chi connectivity index (χ0) is 18.0. The van der Waals surface area contributed by atoms with Gasteiger partial charge in [0.1, 0.15) is 11.5 Å². The first-order valence-corrected chi connectivity index (χ1v) is 7.55. The van der Waals surface area contributed by atoms with Crippen molar-refractivity contribution < 1.29 is 14.3 Å².